The van der Waals surface area contributed by atoms with Gasteiger partial charge in [-0.25, -0.2) is 9.67 Å². The minimum atomic E-state index is 0.302. The molecule has 2 N–H and O–H groups in total. The molecule has 0 aliphatic rings. The van der Waals surface area contributed by atoms with Gasteiger partial charge in [0, 0.05) is 12.3 Å². The lowest BCUT2D eigenvalue weighted by Crippen LogP contribution is -2.09. The Morgan fingerprint density at radius 3 is 2.47 bits per heavy atom. The fourth-order valence-corrected chi connectivity index (χ4v) is 1.83. The second-order valence-corrected chi connectivity index (χ2v) is 4.69. The number of hydrogen-bond acceptors (Lipinski definition) is 4. The molecule has 19 heavy (non-hydrogen) atoms. The van der Waals surface area contributed by atoms with Crippen LogP contribution in [0.2, 0.25) is 0 Å². The lowest BCUT2D eigenvalue weighted by Gasteiger charge is -2.06. The summed E-state index contributed by atoms with van der Waals surface area (Å²) in [6, 6.07) is 7.77. The predicted molar refractivity (Wildman–Crippen MR) is 74.8 cm³/mol. The van der Waals surface area contributed by atoms with Crippen molar-refractivity contribution < 1.29 is 4.74 Å². The van der Waals surface area contributed by atoms with Gasteiger partial charge in [0.2, 0.25) is 0 Å². The van der Waals surface area contributed by atoms with Gasteiger partial charge in [-0.3, -0.25) is 0 Å². The molecule has 0 saturated heterocycles. The summed E-state index contributed by atoms with van der Waals surface area (Å²) in [6.07, 6.45) is 0.714. The maximum atomic E-state index is 5.64. The maximum Gasteiger partial charge on any atom is 0.153 e. The first-order chi connectivity index (χ1) is 9.15. The number of hydrogen-bond donors (Lipinski definition) is 1. The average molecular weight is 260 g/mol. The summed E-state index contributed by atoms with van der Waals surface area (Å²) in [5, 5.41) is 4.56. The molecule has 0 fully saturated rings. The first kappa shape index (κ1) is 13.5. The fraction of sp³-hybridized carbons (Fsp3) is 0.429. The zero-order chi connectivity index (χ0) is 13.8. The van der Waals surface area contributed by atoms with Gasteiger partial charge < -0.3 is 10.5 Å². The van der Waals surface area contributed by atoms with E-state index in [9.17, 15) is 0 Å². The highest BCUT2D eigenvalue weighted by atomic mass is 16.5. The van der Waals surface area contributed by atoms with Crippen LogP contribution in [-0.2, 0) is 6.42 Å². The van der Waals surface area contributed by atoms with Gasteiger partial charge in [-0.2, -0.15) is 5.10 Å². The van der Waals surface area contributed by atoms with Crippen LogP contribution in [0.3, 0.4) is 0 Å². The molecule has 0 spiro atoms. The topological polar surface area (TPSA) is 66.0 Å². The summed E-state index contributed by atoms with van der Waals surface area (Å²) in [6.45, 7) is 4.73. The van der Waals surface area contributed by atoms with E-state index in [0.29, 0.717) is 18.9 Å². The van der Waals surface area contributed by atoms with E-state index in [4.69, 9.17) is 10.5 Å². The van der Waals surface area contributed by atoms with Crippen molar-refractivity contribution in [1.29, 1.82) is 0 Å². The molecular formula is C14H20N4O. The Balaban J connectivity index is 2.40. The van der Waals surface area contributed by atoms with Crippen LogP contribution in [0.5, 0.6) is 5.75 Å². The summed E-state index contributed by atoms with van der Waals surface area (Å²) in [5.41, 5.74) is 6.61. The molecule has 0 amide bonds. The zero-order valence-electron chi connectivity index (χ0n) is 11.6. The quantitative estimate of drug-likeness (QED) is 0.891. The van der Waals surface area contributed by atoms with E-state index in [1.165, 1.54) is 0 Å². The molecule has 2 rings (SSSR count). The van der Waals surface area contributed by atoms with Crippen LogP contribution in [-0.4, -0.2) is 28.4 Å². The number of nitrogens with two attached hydrogens (primary N) is 1. The largest absolute Gasteiger partial charge is 0.497 e. The van der Waals surface area contributed by atoms with Crippen molar-refractivity contribution in [3.05, 3.63) is 35.9 Å². The third-order valence-corrected chi connectivity index (χ3v) is 2.89. The molecule has 0 radical (unpaired) electrons. The Bertz CT molecular complexity index is 531. The minimum absolute atomic E-state index is 0.302. The van der Waals surface area contributed by atoms with Crippen molar-refractivity contribution in [2.24, 2.45) is 5.73 Å². The minimum Gasteiger partial charge on any atom is -0.497 e. The van der Waals surface area contributed by atoms with Crippen molar-refractivity contribution in [3.8, 4) is 11.4 Å². The standard InChI is InChI=1S/C14H20N4O/c1-10(2)14-16-13(8-9-15)18(17-14)11-4-6-12(19-3)7-5-11/h4-7,10H,8-9,15H2,1-3H3. The molecule has 1 aromatic heterocycles. The molecule has 0 aliphatic heterocycles. The van der Waals surface area contributed by atoms with Crippen LogP contribution in [0.25, 0.3) is 5.69 Å². The molecule has 0 saturated carbocycles. The second-order valence-electron chi connectivity index (χ2n) is 4.69. The summed E-state index contributed by atoms with van der Waals surface area (Å²) < 4.78 is 7.02. The second kappa shape index (κ2) is 5.84. The van der Waals surface area contributed by atoms with E-state index in [0.717, 1.165) is 23.1 Å². The number of aromatic nitrogens is 3. The molecule has 0 atom stereocenters. The van der Waals surface area contributed by atoms with Gasteiger partial charge >= 0.3 is 0 Å². The van der Waals surface area contributed by atoms with Crippen molar-refractivity contribution in [1.82, 2.24) is 14.8 Å². The summed E-state index contributed by atoms with van der Waals surface area (Å²) >= 11 is 0. The van der Waals surface area contributed by atoms with Gasteiger partial charge in [-0.05, 0) is 30.8 Å². The maximum absolute atomic E-state index is 5.64. The van der Waals surface area contributed by atoms with E-state index in [2.05, 4.69) is 23.9 Å². The average Bonchev–Trinajstić information content (AvgIpc) is 2.84. The van der Waals surface area contributed by atoms with E-state index in [1.54, 1.807) is 7.11 Å². The number of rotatable bonds is 5. The predicted octanol–water partition coefficient (Wildman–Crippen LogP) is 1.90. The summed E-state index contributed by atoms with van der Waals surface area (Å²) in [4.78, 5) is 4.56. The molecule has 1 aromatic carbocycles. The Hall–Kier alpha value is -1.88. The van der Waals surface area contributed by atoms with Crippen LogP contribution in [0.4, 0.5) is 0 Å². The van der Waals surface area contributed by atoms with E-state index < -0.39 is 0 Å². The first-order valence-electron chi connectivity index (χ1n) is 6.46. The molecule has 102 valence electrons. The Morgan fingerprint density at radius 2 is 1.95 bits per heavy atom. The highest BCUT2D eigenvalue weighted by molar-refractivity contribution is 5.37. The third kappa shape index (κ3) is 2.93. The Morgan fingerprint density at radius 1 is 1.26 bits per heavy atom. The van der Waals surface area contributed by atoms with Crippen LogP contribution < -0.4 is 10.5 Å². The zero-order valence-corrected chi connectivity index (χ0v) is 11.6. The molecule has 0 unspecified atom stereocenters. The Labute approximate surface area is 113 Å². The monoisotopic (exact) mass is 260 g/mol. The Kier molecular flexibility index (Phi) is 4.16. The van der Waals surface area contributed by atoms with E-state index in [1.807, 2.05) is 28.9 Å². The number of nitrogens with zero attached hydrogens (tertiary/aromatic N) is 3. The van der Waals surface area contributed by atoms with Crippen LogP contribution in [0.15, 0.2) is 24.3 Å². The van der Waals surface area contributed by atoms with Gasteiger partial charge in [-0.1, -0.05) is 13.8 Å². The number of methoxy groups -OCH3 is 1. The smallest absolute Gasteiger partial charge is 0.153 e. The molecular weight excluding hydrogens is 240 g/mol. The molecule has 5 nitrogen and oxygen atoms in total. The molecule has 5 heteroatoms. The summed E-state index contributed by atoms with van der Waals surface area (Å²) in [5.74, 6) is 2.87. The number of ether oxygens (including phenoxy) is 1. The van der Waals surface area contributed by atoms with Gasteiger partial charge in [0.25, 0.3) is 0 Å². The van der Waals surface area contributed by atoms with E-state index in [-0.39, 0.29) is 0 Å². The number of benzene rings is 1. The van der Waals surface area contributed by atoms with Gasteiger partial charge in [0.1, 0.15) is 11.6 Å². The van der Waals surface area contributed by atoms with E-state index >= 15 is 0 Å². The first-order valence-corrected chi connectivity index (χ1v) is 6.46. The molecule has 1 heterocycles. The van der Waals surface area contributed by atoms with Crippen molar-refractivity contribution in [2.45, 2.75) is 26.2 Å². The molecule has 2 aromatic rings. The van der Waals surface area contributed by atoms with Crippen LogP contribution in [0.1, 0.15) is 31.4 Å². The molecule has 0 bridgehead atoms. The fourth-order valence-electron chi connectivity index (χ4n) is 1.83. The van der Waals surface area contributed by atoms with Crippen molar-refractivity contribution >= 4 is 0 Å². The third-order valence-electron chi connectivity index (χ3n) is 2.89. The SMILES string of the molecule is COc1ccc(-n2nc(C(C)C)nc2CCN)cc1. The van der Waals surface area contributed by atoms with Crippen molar-refractivity contribution in [2.75, 3.05) is 13.7 Å². The lowest BCUT2D eigenvalue weighted by molar-refractivity contribution is 0.414. The van der Waals surface area contributed by atoms with Gasteiger partial charge in [0.05, 0.1) is 12.8 Å². The normalized spacial score (nSPS) is 11.0. The highest BCUT2D eigenvalue weighted by Gasteiger charge is 2.13. The highest BCUT2D eigenvalue weighted by Crippen LogP contribution is 2.18. The van der Waals surface area contributed by atoms with Crippen LogP contribution >= 0.6 is 0 Å². The molecule has 0 aliphatic carbocycles. The van der Waals surface area contributed by atoms with Crippen molar-refractivity contribution in [3.63, 3.8) is 0 Å². The summed E-state index contributed by atoms with van der Waals surface area (Å²) in [7, 11) is 1.65. The van der Waals surface area contributed by atoms with Gasteiger partial charge in [-0.15, -0.1) is 0 Å². The van der Waals surface area contributed by atoms with Gasteiger partial charge in [0.15, 0.2) is 5.82 Å². The lowest BCUT2D eigenvalue weighted by atomic mass is 10.2. The van der Waals surface area contributed by atoms with Crippen LogP contribution in [0, 0.1) is 0 Å².